The first-order valence-electron chi connectivity index (χ1n) is 8.90. The quantitative estimate of drug-likeness (QED) is 0.835. The molecule has 0 spiro atoms. The van der Waals surface area contributed by atoms with Crippen LogP contribution in [0.5, 0.6) is 5.75 Å². The maximum Gasteiger partial charge on any atom is 0.255 e. The van der Waals surface area contributed by atoms with Crippen LogP contribution in [0.15, 0.2) is 42.7 Å². The average Bonchev–Trinajstić information content (AvgIpc) is 2.74. The Labute approximate surface area is 158 Å². The first kappa shape index (κ1) is 18.8. The van der Waals surface area contributed by atoms with Crippen LogP contribution in [0.2, 0.25) is 0 Å². The van der Waals surface area contributed by atoms with Crippen LogP contribution in [0.1, 0.15) is 26.3 Å². The zero-order valence-electron chi connectivity index (χ0n) is 15.3. The van der Waals surface area contributed by atoms with Gasteiger partial charge >= 0.3 is 0 Å². The summed E-state index contributed by atoms with van der Waals surface area (Å²) < 4.78 is 10.4. The first-order valence-corrected chi connectivity index (χ1v) is 8.90. The third-order valence-electron chi connectivity index (χ3n) is 4.40. The Morgan fingerprint density at radius 2 is 1.85 bits per heavy atom. The molecular formula is C20H23N3O4. The number of nitrogens with one attached hydrogen (secondary N) is 1. The molecular weight excluding hydrogens is 346 g/mol. The second-order valence-electron chi connectivity index (χ2n) is 6.22. The van der Waals surface area contributed by atoms with Crippen LogP contribution in [-0.2, 0) is 11.2 Å². The number of hydrogen-bond donors (Lipinski definition) is 1. The summed E-state index contributed by atoms with van der Waals surface area (Å²) in [7, 11) is 1.63. The lowest BCUT2D eigenvalue weighted by Gasteiger charge is -2.26. The molecule has 1 saturated heterocycles. The minimum absolute atomic E-state index is 0.126. The van der Waals surface area contributed by atoms with Gasteiger partial charge in [-0.2, -0.15) is 0 Å². The molecule has 1 aromatic heterocycles. The van der Waals surface area contributed by atoms with Crippen molar-refractivity contribution in [2.24, 2.45) is 0 Å². The maximum atomic E-state index is 12.5. The van der Waals surface area contributed by atoms with Crippen molar-refractivity contribution < 1.29 is 19.1 Å². The highest BCUT2D eigenvalue weighted by Crippen LogP contribution is 2.12. The number of carbonyl (C=O) groups is 2. The fraction of sp³-hybridized carbons (Fsp3) is 0.350. The van der Waals surface area contributed by atoms with Crippen molar-refractivity contribution in [3.8, 4) is 5.75 Å². The van der Waals surface area contributed by atoms with E-state index >= 15 is 0 Å². The third kappa shape index (κ3) is 5.04. The fourth-order valence-corrected chi connectivity index (χ4v) is 2.84. The Kier molecular flexibility index (Phi) is 6.38. The number of hydrogen-bond acceptors (Lipinski definition) is 5. The molecule has 7 nitrogen and oxygen atoms in total. The molecule has 7 heteroatoms. The lowest BCUT2D eigenvalue weighted by atomic mass is 10.1. The average molecular weight is 369 g/mol. The molecule has 142 valence electrons. The summed E-state index contributed by atoms with van der Waals surface area (Å²) >= 11 is 0. The number of pyridine rings is 1. The number of benzene rings is 1. The van der Waals surface area contributed by atoms with Gasteiger partial charge in [-0.05, 0) is 30.2 Å². The molecule has 3 rings (SSSR count). The topological polar surface area (TPSA) is 80.8 Å². The summed E-state index contributed by atoms with van der Waals surface area (Å²) in [5, 5.41) is 2.87. The molecule has 1 aliphatic heterocycles. The molecule has 2 heterocycles. The van der Waals surface area contributed by atoms with E-state index in [-0.39, 0.29) is 11.8 Å². The van der Waals surface area contributed by atoms with Gasteiger partial charge in [-0.15, -0.1) is 0 Å². The molecule has 1 aliphatic rings. The molecule has 0 saturated carbocycles. The van der Waals surface area contributed by atoms with Gasteiger partial charge in [-0.3, -0.25) is 14.6 Å². The van der Waals surface area contributed by atoms with Gasteiger partial charge in [0.05, 0.1) is 31.5 Å². The second-order valence-corrected chi connectivity index (χ2v) is 6.22. The van der Waals surface area contributed by atoms with Crippen molar-refractivity contribution in [1.29, 1.82) is 0 Å². The van der Waals surface area contributed by atoms with E-state index in [2.05, 4.69) is 10.3 Å². The molecule has 0 aliphatic carbocycles. The van der Waals surface area contributed by atoms with Gasteiger partial charge in [-0.25, -0.2) is 0 Å². The van der Waals surface area contributed by atoms with Crippen LogP contribution >= 0.6 is 0 Å². The zero-order valence-corrected chi connectivity index (χ0v) is 15.3. The summed E-state index contributed by atoms with van der Waals surface area (Å²) in [5.74, 6) is 0.432. The molecule has 27 heavy (non-hydrogen) atoms. The van der Waals surface area contributed by atoms with Crippen LogP contribution in [0, 0.1) is 0 Å². The predicted octanol–water partition coefficient (Wildman–Crippen LogP) is 1.54. The van der Waals surface area contributed by atoms with Crippen LogP contribution in [-0.4, -0.2) is 61.7 Å². The number of ether oxygens (including phenoxy) is 2. The smallest absolute Gasteiger partial charge is 0.255 e. The molecule has 2 amide bonds. The van der Waals surface area contributed by atoms with Gasteiger partial charge in [-0.1, -0.05) is 12.1 Å². The number of amides is 2. The highest BCUT2D eigenvalue weighted by molar-refractivity contribution is 5.99. The lowest BCUT2D eigenvalue weighted by molar-refractivity contribution is 0.0302. The number of carbonyl (C=O) groups excluding carboxylic acids is 2. The van der Waals surface area contributed by atoms with Gasteiger partial charge < -0.3 is 19.7 Å². The monoisotopic (exact) mass is 369 g/mol. The van der Waals surface area contributed by atoms with Gasteiger partial charge in [0.25, 0.3) is 11.8 Å². The van der Waals surface area contributed by atoms with E-state index in [4.69, 9.17) is 9.47 Å². The number of methoxy groups -OCH3 is 1. The predicted molar refractivity (Wildman–Crippen MR) is 100.0 cm³/mol. The van der Waals surface area contributed by atoms with Gasteiger partial charge in [0.15, 0.2) is 0 Å². The van der Waals surface area contributed by atoms with Crippen LogP contribution in [0.4, 0.5) is 0 Å². The Morgan fingerprint density at radius 1 is 1.15 bits per heavy atom. The molecule has 0 bridgehead atoms. The van der Waals surface area contributed by atoms with E-state index in [1.165, 1.54) is 12.4 Å². The van der Waals surface area contributed by atoms with E-state index in [1.54, 1.807) is 18.1 Å². The van der Waals surface area contributed by atoms with Crippen molar-refractivity contribution in [3.63, 3.8) is 0 Å². The number of aromatic nitrogens is 1. The highest BCUT2D eigenvalue weighted by atomic mass is 16.5. The Bertz CT molecular complexity index is 786. The normalized spacial score (nSPS) is 13.9. The summed E-state index contributed by atoms with van der Waals surface area (Å²) in [6.45, 7) is 2.66. The standard InChI is InChI=1S/C20H23N3O4/c1-26-18-4-2-15(3-5-18)6-7-22-19(24)16-12-17(14-21-13-16)20(25)23-8-10-27-11-9-23/h2-5,12-14H,6-11H2,1H3,(H,22,24). The number of rotatable bonds is 6. The first-order chi connectivity index (χ1) is 13.2. The van der Waals surface area contributed by atoms with Crippen LogP contribution in [0.3, 0.4) is 0 Å². The summed E-state index contributed by atoms with van der Waals surface area (Å²) in [6.07, 6.45) is 3.67. The third-order valence-corrected chi connectivity index (χ3v) is 4.40. The summed E-state index contributed by atoms with van der Waals surface area (Å²) in [5.41, 5.74) is 1.90. The van der Waals surface area contributed by atoms with E-state index in [1.807, 2.05) is 24.3 Å². The van der Waals surface area contributed by atoms with Gasteiger partial charge in [0.1, 0.15) is 5.75 Å². The molecule has 1 N–H and O–H groups in total. The molecule has 0 atom stereocenters. The number of morpholine rings is 1. The minimum Gasteiger partial charge on any atom is -0.497 e. The molecule has 0 unspecified atom stereocenters. The lowest BCUT2D eigenvalue weighted by Crippen LogP contribution is -2.40. The Balaban J connectivity index is 1.55. The Hall–Kier alpha value is -2.93. The van der Waals surface area contributed by atoms with E-state index in [0.29, 0.717) is 50.4 Å². The van der Waals surface area contributed by atoms with Gasteiger partial charge in [0, 0.05) is 32.0 Å². The summed E-state index contributed by atoms with van der Waals surface area (Å²) in [4.78, 5) is 30.7. The zero-order chi connectivity index (χ0) is 19.1. The Morgan fingerprint density at radius 3 is 2.56 bits per heavy atom. The van der Waals surface area contributed by atoms with E-state index in [0.717, 1.165) is 11.3 Å². The summed E-state index contributed by atoms with van der Waals surface area (Å²) in [6, 6.07) is 9.30. The molecule has 2 aromatic rings. The van der Waals surface area contributed by atoms with E-state index < -0.39 is 0 Å². The fourth-order valence-electron chi connectivity index (χ4n) is 2.84. The van der Waals surface area contributed by atoms with Crippen LogP contribution in [0.25, 0.3) is 0 Å². The van der Waals surface area contributed by atoms with Crippen LogP contribution < -0.4 is 10.1 Å². The molecule has 0 radical (unpaired) electrons. The number of nitrogens with zero attached hydrogens (tertiary/aromatic N) is 2. The highest BCUT2D eigenvalue weighted by Gasteiger charge is 2.19. The van der Waals surface area contributed by atoms with Gasteiger partial charge in [0.2, 0.25) is 0 Å². The van der Waals surface area contributed by atoms with Crippen molar-refractivity contribution in [2.75, 3.05) is 40.0 Å². The SMILES string of the molecule is COc1ccc(CCNC(=O)c2cncc(C(=O)N3CCOCC3)c2)cc1. The van der Waals surface area contributed by atoms with E-state index in [9.17, 15) is 9.59 Å². The van der Waals surface area contributed by atoms with Crippen molar-refractivity contribution in [3.05, 3.63) is 59.4 Å². The largest absolute Gasteiger partial charge is 0.497 e. The van der Waals surface area contributed by atoms with Crippen molar-refractivity contribution in [1.82, 2.24) is 15.2 Å². The second kappa shape index (κ2) is 9.14. The van der Waals surface area contributed by atoms with Crippen molar-refractivity contribution in [2.45, 2.75) is 6.42 Å². The minimum atomic E-state index is -0.243. The van der Waals surface area contributed by atoms with Crippen molar-refractivity contribution >= 4 is 11.8 Å². The molecule has 1 aromatic carbocycles. The maximum absolute atomic E-state index is 12.5. The molecule has 1 fully saturated rings.